The van der Waals surface area contributed by atoms with Crippen LogP contribution in [0.5, 0.6) is 11.5 Å². The predicted octanol–water partition coefficient (Wildman–Crippen LogP) is 6.35. The Kier molecular flexibility index (Phi) is 6.32. The third-order valence-electron chi connectivity index (χ3n) is 9.21. The SMILES string of the molecule is COc1ccc(-c2nnc(SCC(=O)C34CC5CC(CC(C5)C3)C4)n2C2CCCCC2)cc1OC. The van der Waals surface area contributed by atoms with Crippen LogP contribution in [0.25, 0.3) is 11.4 Å². The van der Waals surface area contributed by atoms with Gasteiger partial charge in [0.05, 0.1) is 20.0 Å². The molecule has 1 heterocycles. The Bertz CT molecular complexity index is 1060. The molecule has 7 heteroatoms. The van der Waals surface area contributed by atoms with E-state index in [4.69, 9.17) is 9.47 Å². The lowest BCUT2D eigenvalue weighted by molar-refractivity contribution is -0.141. The highest BCUT2D eigenvalue weighted by molar-refractivity contribution is 7.99. The molecular formula is C28H37N3O3S. The van der Waals surface area contributed by atoms with Crippen molar-refractivity contribution in [1.82, 2.24) is 14.8 Å². The summed E-state index contributed by atoms with van der Waals surface area (Å²) in [5.74, 6) is 5.61. The number of benzene rings is 1. The fourth-order valence-electron chi connectivity index (χ4n) is 7.95. The van der Waals surface area contributed by atoms with E-state index in [1.807, 2.05) is 18.2 Å². The van der Waals surface area contributed by atoms with Gasteiger partial charge in [0.25, 0.3) is 0 Å². The fraction of sp³-hybridized carbons (Fsp3) is 0.679. The molecule has 1 aromatic heterocycles. The van der Waals surface area contributed by atoms with Crippen LogP contribution in [0.4, 0.5) is 0 Å². The average Bonchev–Trinajstić information content (AvgIpc) is 3.30. The van der Waals surface area contributed by atoms with Crippen LogP contribution in [-0.2, 0) is 4.79 Å². The molecule has 6 nitrogen and oxygen atoms in total. The molecule has 5 saturated carbocycles. The molecule has 4 bridgehead atoms. The van der Waals surface area contributed by atoms with Gasteiger partial charge in [-0.3, -0.25) is 9.36 Å². The van der Waals surface area contributed by atoms with E-state index in [1.54, 1.807) is 26.0 Å². The second kappa shape index (κ2) is 9.45. The van der Waals surface area contributed by atoms with E-state index >= 15 is 0 Å². The average molecular weight is 496 g/mol. The van der Waals surface area contributed by atoms with Gasteiger partial charge in [-0.15, -0.1) is 10.2 Å². The van der Waals surface area contributed by atoms with Crippen molar-refractivity contribution in [2.75, 3.05) is 20.0 Å². The number of aromatic nitrogens is 3. The number of hydrogen-bond acceptors (Lipinski definition) is 6. The molecule has 0 spiro atoms. The maximum Gasteiger partial charge on any atom is 0.192 e. The van der Waals surface area contributed by atoms with Gasteiger partial charge >= 0.3 is 0 Å². The summed E-state index contributed by atoms with van der Waals surface area (Å²) < 4.78 is 13.3. The normalized spacial score (nSPS) is 29.9. The summed E-state index contributed by atoms with van der Waals surface area (Å²) in [6, 6.07) is 6.31. The van der Waals surface area contributed by atoms with Crippen LogP contribution in [0.15, 0.2) is 23.4 Å². The molecule has 0 saturated heterocycles. The lowest BCUT2D eigenvalue weighted by Crippen LogP contribution is -2.50. The molecular weight excluding hydrogens is 458 g/mol. The Balaban J connectivity index is 1.27. The van der Waals surface area contributed by atoms with Gasteiger partial charge in [-0.25, -0.2) is 0 Å². The number of ether oxygens (including phenoxy) is 2. The number of hydrogen-bond donors (Lipinski definition) is 0. The number of rotatable bonds is 8. The van der Waals surface area contributed by atoms with Crippen LogP contribution >= 0.6 is 11.8 Å². The number of methoxy groups -OCH3 is 2. The maximum absolute atomic E-state index is 13.7. The Morgan fingerprint density at radius 1 is 0.971 bits per heavy atom. The smallest absolute Gasteiger partial charge is 0.192 e. The first kappa shape index (κ1) is 23.4. The monoisotopic (exact) mass is 495 g/mol. The standard InChI is InChI=1S/C28H37N3O3S/c1-33-23-9-8-21(13-24(23)34-2)26-29-30-27(31(26)22-6-4-3-5-7-22)35-17-25(32)28-14-18-10-19(15-28)12-20(11-18)16-28/h8-9,13,18-20,22H,3-7,10-12,14-17H2,1-2H3. The number of thioether (sulfide) groups is 1. The zero-order valence-corrected chi connectivity index (χ0v) is 21.8. The van der Waals surface area contributed by atoms with E-state index < -0.39 is 0 Å². The highest BCUT2D eigenvalue weighted by Crippen LogP contribution is 2.60. The first-order valence-electron chi connectivity index (χ1n) is 13.4. The summed E-state index contributed by atoms with van der Waals surface area (Å²) in [5, 5.41) is 10.2. The van der Waals surface area contributed by atoms with E-state index in [2.05, 4.69) is 14.8 Å². The molecule has 0 N–H and O–H groups in total. The predicted molar refractivity (Wildman–Crippen MR) is 137 cm³/mol. The van der Waals surface area contributed by atoms with Gasteiger partial charge in [-0.2, -0.15) is 0 Å². The van der Waals surface area contributed by atoms with E-state index in [0.29, 0.717) is 29.1 Å². The number of carbonyl (C=O) groups excluding carboxylic acids is 1. The Hall–Kier alpha value is -2.02. The highest BCUT2D eigenvalue weighted by atomic mass is 32.2. The molecule has 0 radical (unpaired) electrons. The molecule has 2 aromatic rings. The van der Waals surface area contributed by atoms with E-state index in [0.717, 1.165) is 66.4 Å². The van der Waals surface area contributed by atoms with Crippen LogP contribution in [0.1, 0.15) is 76.7 Å². The zero-order valence-electron chi connectivity index (χ0n) is 21.0. The van der Waals surface area contributed by atoms with E-state index in [-0.39, 0.29) is 5.41 Å². The quantitative estimate of drug-likeness (QED) is 0.398. The molecule has 0 amide bonds. The zero-order chi connectivity index (χ0) is 24.0. The molecule has 35 heavy (non-hydrogen) atoms. The molecule has 0 aliphatic heterocycles. The van der Waals surface area contributed by atoms with Crippen LogP contribution in [0.2, 0.25) is 0 Å². The number of carbonyl (C=O) groups is 1. The summed E-state index contributed by atoms with van der Waals surface area (Å²) in [6.45, 7) is 0. The Labute approximate surface area is 212 Å². The Morgan fingerprint density at radius 3 is 2.26 bits per heavy atom. The maximum atomic E-state index is 13.7. The summed E-state index contributed by atoms with van der Waals surface area (Å²) in [6.07, 6.45) is 13.5. The third kappa shape index (κ3) is 4.28. The molecule has 0 unspecified atom stereocenters. The van der Waals surface area contributed by atoms with Gasteiger partial charge in [-0.05, 0) is 87.3 Å². The van der Waals surface area contributed by atoms with Gasteiger partial charge in [0, 0.05) is 17.0 Å². The molecule has 188 valence electrons. The molecule has 5 aliphatic rings. The van der Waals surface area contributed by atoms with Crippen LogP contribution < -0.4 is 9.47 Å². The molecule has 0 atom stereocenters. The van der Waals surface area contributed by atoms with Gasteiger partial charge in [0.1, 0.15) is 5.78 Å². The van der Waals surface area contributed by atoms with Crippen molar-refractivity contribution in [2.24, 2.45) is 23.2 Å². The fourth-order valence-corrected chi connectivity index (χ4v) is 8.99. The minimum Gasteiger partial charge on any atom is -0.493 e. The first-order chi connectivity index (χ1) is 17.1. The van der Waals surface area contributed by atoms with E-state index in [1.165, 1.54) is 38.5 Å². The lowest BCUT2D eigenvalue weighted by Gasteiger charge is -2.56. The van der Waals surface area contributed by atoms with Crippen LogP contribution in [-0.4, -0.2) is 40.5 Å². The number of nitrogens with zero attached hydrogens (tertiary/aromatic N) is 3. The number of ketones is 1. The van der Waals surface area contributed by atoms with Crippen molar-refractivity contribution in [3.63, 3.8) is 0 Å². The summed E-state index contributed by atoms with van der Waals surface area (Å²) >= 11 is 1.61. The van der Waals surface area contributed by atoms with Gasteiger partial charge in [-0.1, -0.05) is 31.0 Å². The van der Waals surface area contributed by atoms with Crippen molar-refractivity contribution in [2.45, 2.75) is 81.8 Å². The van der Waals surface area contributed by atoms with Crippen molar-refractivity contribution >= 4 is 17.5 Å². The second-order valence-electron chi connectivity index (χ2n) is 11.4. The van der Waals surface area contributed by atoms with Gasteiger partial charge < -0.3 is 9.47 Å². The second-order valence-corrected chi connectivity index (χ2v) is 12.4. The topological polar surface area (TPSA) is 66.2 Å². The molecule has 1 aromatic carbocycles. The Morgan fingerprint density at radius 2 is 1.63 bits per heavy atom. The highest BCUT2D eigenvalue weighted by Gasteiger charge is 2.54. The van der Waals surface area contributed by atoms with Gasteiger partial charge in [0.2, 0.25) is 0 Å². The summed E-state index contributed by atoms with van der Waals surface area (Å²) in [4.78, 5) is 13.7. The van der Waals surface area contributed by atoms with Gasteiger partial charge in [0.15, 0.2) is 22.5 Å². The third-order valence-corrected chi connectivity index (χ3v) is 10.2. The minimum absolute atomic E-state index is 0.0520. The van der Waals surface area contributed by atoms with Crippen molar-refractivity contribution in [3.8, 4) is 22.9 Å². The first-order valence-corrected chi connectivity index (χ1v) is 14.4. The number of Topliss-reactive ketones (excluding diaryl/α,β-unsaturated/α-hetero) is 1. The minimum atomic E-state index is -0.0520. The molecule has 5 fully saturated rings. The van der Waals surface area contributed by atoms with Crippen LogP contribution in [0, 0.1) is 23.2 Å². The largest absolute Gasteiger partial charge is 0.493 e. The van der Waals surface area contributed by atoms with E-state index in [9.17, 15) is 4.79 Å². The summed E-state index contributed by atoms with van der Waals surface area (Å²) in [5.41, 5.74) is 0.920. The van der Waals surface area contributed by atoms with Crippen molar-refractivity contribution in [1.29, 1.82) is 0 Å². The lowest BCUT2D eigenvalue weighted by atomic mass is 9.48. The molecule has 5 aliphatic carbocycles. The summed E-state index contributed by atoms with van der Waals surface area (Å²) in [7, 11) is 3.31. The van der Waals surface area contributed by atoms with Crippen molar-refractivity contribution in [3.05, 3.63) is 18.2 Å². The molecule has 7 rings (SSSR count). The van der Waals surface area contributed by atoms with Crippen molar-refractivity contribution < 1.29 is 14.3 Å². The van der Waals surface area contributed by atoms with Crippen LogP contribution in [0.3, 0.4) is 0 Å².